The van der Waals surface area contributed by atoms with E-state index in [2.05, 4.69) is 10.3 Å². The number of fused-ring (bicyclic) bond motifs is 1. The van der Waals surface area contributed by atoms with Gasteiger partial charge in [0.2, 0.25) is 11.8 Å². The number of anilines is 1. The first-order valence-corrected chi connectivity index (χ1v) is 14.0. The van der Waals surface area contributed by atoms with Crippen molar-refractivity contribution in [2.24, 2.45) is 11.7 Å². The minimum atomic E-state index is -0.401. The van der Waals surface area contributed by atoms with E-state index in [9.17, 15) is 4.79 Å². The van der Waals surface area contributed by atoms with E-state index in [1.54, 1.807) is 12.4 Å². The normalized spacial score (nSPS) is 16.1. The third-order valence-electron chi connectivity index (χ3n) is 7.27. The Morgan fingerprint density at radius 3 is 2.76 bits per heavy atom. The lowest BCUT2D eigenvalue weighted by Gasteiger charge is -2.22. The van der Waals surface area contributed by atoms with Crippen molar-refractivity contribution in [1.82, 2.24) is 19.6 Å². The number of primary amides is 1. The molecule has 0 spiro atoms. The summed E-state index contributed by atoms with van der Waals surface area (Å²) < 4.78 is 7.97. The third-order valence-corrected chi connectivity index (χ3v) is 8.31. The number of nitrogens with one attached hydrogen (secondary N) is 1. The number of pyridine rings is 1. The number of imidazole rings is 1. The van der Waals surface area contributed by atoms with Gasteiger partial charge < -0.3 is 15.8 Å². The van der Waals surface area contributed by atoms with Crippen molar-refractivity contribution in [3.05, 3.63) is 65.6 Å². The average molecular weight is 515 g/mol. The molecule has 6 rings (SSSR count). The summed E-state index contributed by atoms with van der Waals surface area (Å²) in [5.74, 6) is 4.15. The van der Waals surface area contributed by atoms with Crippen molar-refractivity contribution < 1.29 is 9.53 Å². The summed E-state index contributed by atoms with van der Waals surface area (Å²) in [6.07, 6.45) is 9.88. The van der Waals surface area contributed by atoms with Crippen LogP contribution in [0.15, 0.2) is 48.9 Å². The van der Waals surface area contributed by atoms with Gasteiger partial charge in [-0.15, -0.1) is 5.10 Å². The SMILES string of the molecule is Cc1c(C(N)=O)ccc(-c2cnc3c(NCC4CCSCC4)cc(Oc4cccnc4)nn23)c1C1CC1. The number of nitrogens with zero attached hydrogens (tertiary/aromatic N) is 4. The van der Waals surface area contributed by atoms with Gasteiger partial charge in [0, 0.05) is 29.9 Å². The zero-order chi connectivity index (χ0) is 25.4. The lowest BCUT2D eigenvalue weighted by Crippen LogP contribution is -2.19. The van der Waals surface area contributed by atoms with Crippen molar-refractivity contribution in [2.45, 2.75) is 38.5 Å². The Balaban J connectivity index is 1.44. The van der Waals surface area contributed by atoms with Crippen LogP contribution in [0.1, 0.15) is 53.1 Å². The predicted molar refractivity (Wildman–Crippen MR) is 147 cm³/mol. The number of ether oxygens (including phenoxy) is 1. The molecular weight excluding hydrogens is 484 g/mol. The van der Waals surface area contributed by atoms with Crippen LogP contribution in [-0.4, -0.2) is 43.5 Å². The molecule has 8 nitrogen and oxygen atoms in total. The number of benzene rings is 1. The maximum absolute atomic E-state index is 12.1. The van der Waals surface area contributed by atoms with E-state index in [-0.39, 0.29) is 0 Å². The van der Waals surface area contributed by atoms with E-state index >= 15 is 0 Å². The van der Waals surface area contributed by atoms with Crippen molar-refractivity contribution in [3.8, 4) is 22.9 Å². The number of thioether (sulfide) groups is 1. The first-order valence-electron chi connectivity index (χ1n) is 12.8. The zero-order valence-electron chi connectivity index (χ0n) is 20.8. The summed E-state index contributed by atoms with van der Waals surface area (Å²) in [5, 5.41) is 8.48. The summed E-state index contributed by atoms with van der Waals surface area (Å²) in [6, 6.07) is 9.40. The number of carbonyl (C=O) groups is 1. The highest BCUT2D eigenvalue weighted by Gasteiger charge is 2.31. The molecule has 2 fully saturated rings. The standard InChI is InChI=1S/C28H30N6O2S/c1-17-21(27(29)35)6-7-22(26(17)19-4-5-19)24-16-32-28-23(31-14-18-8-11-37-12-9-18)13-25(33-34(24)28)36-20-3-2-10-30-15-20/h2-3,6-7,10,13,15-16,18-19,31H,4-5,8-9,11-12,14H2,1H3,(H2,29,35). The molecule has 0 radical (unpaired) electrons. The molecule has 3 aromatic heterocycles. The third kappa shape index (κ3) is 4.87. The zero-order valence-corrected chi connectivity index (χ0v) is 21.6. The van der Waals surface area contributed by atoms with Crippen LogP contribution in [0.2, 0.25) is 0 Å². The number of rotatable bonds is 8. The lowest BCUT2D eigenvalue weighted by molar-refractivity contribution is 0.0999. The van der Waals surface area contributed by atoms with Gasteiger partial charge >= 0.3 is 0 Å². The van der Waals surface area contributed by atoms with Crippen molar-refractivity contribution in [2.75, 3.05) is 23.4 Å². The van der Waals surface area contributed by atoms with Crippen molar-refractivity contribution in [3.63, 3.8) is 0 Å². The summed E-state index contributed by atoms with van der Waals surface area (Å²) in [5.41, 5.74) is 11.9. The summed E-state index contributed by atoms with van der Waals surface area (Å²) in [6.45, 7) is 2.87. The van der Waals surface area contributed by atoms with Gasteiger partial charge in [-0.1, -0.05) is 6.07 Å². The largest absolute Gasteiger partial charge is 0.436 e. The minimum absolute atomic E-state index is 0.401. The van der Waals surface area contributed by atoms with Gasteiger partial charge in [-0.3, -0.25) is 9.78 Å². The van der Waals surface area contributed by atoms with Crippen molar-refractivity contribution in [1.29, 1.82) is 0 Å². The van der Waals surface area contributed by atoms with Gasteiger partial charge in [0.15, 0.2) is 5.65 Å². The Hall–Kier alpha value is -3.59. The molecule has 0 bridgehead atoms. The molecule has 37 heavy (non-hydrogen) atoms. The summed E-state index contributed by atoms with van der Waals surface area (Å²) in [4.78, 5) is 21.0. The molecule has 0 atom stereocenters. The van der Waals surface area contributed by atoms with Gasteiger partial charge in [-0.05, 0) is 85.3 Å². The van der Waals surface area contributed by atoms with E-state index in [0.29, 0.717) is 29.0 Å². The van der Waals surface area contributed by atoms with Crippen LogP contribution in [0, 0.1) is 12.8 Å². The molecule has 1 amide bonds. The second-order valence-corrected chi connectivity index (χ2v) is 11.1. The number of amides is 1. The molecule has 2 aliphatic rings. The van der Waals surface area contributed by atoms with Crippen LogP contribution in [0.3, 0.4) is 0 Å². The molecule has 1 aliphatic carbocycles. The second-order valence-electron chi connectivity index (χ2n) is 9.84. The highest BCUT2D eigenvalue weighted by molar-refractivity contribution is 7.99. The predicted octanol–water partition coefficient (Wildman–Crippen LogP) is 5.42. The topological polar surface area (TPSA) is 107 Å². The molecule has 1 aliphatic heterocycles. The van der Waals surface area contributed by atoms with E-state index in [4.69, 9.17) is 20.6 Å². The molecular formula is C28H30N6O2S. The first kappa shape index (κ1) is 23.8. The number of nitrogens with two attached hydrogens (primary N) is 1. The van der Waals surface area contributed by atoms with Crippen LogP contribution in [0.4, 0.5) is 5.69 Å². The van der Waals surface area contributed by atoms with E-state index < -0.39 is 5.91 Å². The van der Waals surface area contributed by atoms with Gasteiger partial charge in [0.1, 0.15) is 5.75 Å². The molecule has 1 aromatic carbocycles. The number of hydrogen-bond acceptors (Lipinski definition) is 7. The van der Waals surface area contributed by atoms with Crippen LogP contribution in [0.5, 0.6) is 11.6 Å². The van der Waals surface area contributed by atoms with Gasteiger partial charge in [-0.25, -0.2) is 9.50 Å². The molecule has 4 aromatic rings. The minimum Gasteiger partial charge on any atom is -0.436 e. The van der Waals surface area contributed by atoms with Crippen LogP contribution in [0.25, 0.3) is 16.9 Å². The molecule has 0 unspecified atom stereocenters. The van der Waals surface area contributed by atoms with Gasteiger partial charge in [0.25, 0.3) is 0 Å². The quantitative estimate of drug-likeness (QED) is 0.323. The van der Waals surface area contributed by atoms with Crippen LogP contribution < -0.4 is 15.8 Å². The fourth-order valence-electron chi connectivity index (χ4n) is 5.16. The maximum atomic E-state index is 12.1. The van der Waals surface area contributed by atoms with Gasteiger partial charge in [0.05, 0.1) is 23.8 Å². The Morgan fingerprint density at radius 2 is 2.03 bits per heavy atom. The Bertz CT molecular complexity index is 1440. The highest BCUT2D eigenvalue weighted by Crippen LogP contribution is 2.47. The maximum Gasteiger partial charge on any atom is 0.248 e. The summed E-state index contributed by atoms with van der Waals surface area (Å²) in [7, 11) is 0. The van der Waals surface area contributed by atoms with Crippen molar-refractivity contribution >= 4 is 29.0 Å². The summed E-state index contributed by atoms with van der Waals surface area (Å²) >= 11 is 2.03. The Labute approximate surface area is 220 Å². The fourth-order valence-corrected chi connectivity index (χ4v) is 6.36. The lowest BCUT2D eigenvalue weighted by atomic mass is 9.92. The average Bonchev–Trinajstić information content (AvgIpc) is 3.66. The monoisotopic (exact) mass is 514 g/mol. The Morgan fingerprint density at radius 1 is 1.19 bits per heavy atom. The van der Waals surface area contributed by atoms with Gasteiger partial charge in [-0.2, -0.15) is 11.8 Å². The second kappa shape index (κ2) is 10.0. The Kier molecular flexibility index (Phi) is 6.46. The molecule has 3 N–H and O–H groups in total. The van der Waals surface area contributed by atoms with E-state index in [0.717, 1.165) is 53.1 Å². The number of hydrogen-bond donors (Lipinski definition) is 2. The first-order chi connectivity index (χ1) is 18.1. The molecule has 1 saturated heterocycles. The molecule has 4 heterocycles. The molecule has 1 saturated carbocycles. The highest BCUT2D eigenvalue weighted by atomic mass is 32.2. The molecule has 190 valence electrons. The number of carbonyl (C=O) groups excluding carboxylic acids is 1. The molecule has 9 heteroatoms. The van der Waals surface area contributed by atoms with Crippen LogP contribution >= 0.6 is 11.8 Å². The fraction of sp³-hybridized carbons (Fsp3) is 0.357. The smallest absolute Gasteiger partial charge is 0.248 e. The number of aromatic nitrogens is 4. The van der Waals surface area contributed by atoms with E-state index in [1.807, 2.05) is 59.7 Å². The van der Waals surface area contributed by atoms with Crippen LogP contribution in [-0.2, 0) is 0 Å². The van der Waals surface area contributed by atoms with E-state index in [1.165, 1.54) is 24.3 Å².